The zero-order valence-corrected chi connectivity index (χ0v) is 11.9. The van der Waals surface area contributed by atoms with Gasteiger partial charge in [-0.2, -0.15) is 0 Å². The second-order valence-corrected chi connectivity index (χ2v) is 8.76. The second-order valence-electron chi connectivity index (χ2n) is 5.18. The Balaban J connectivity index is 2.28. The van der Waals surface area contributed by atoms with Gasteiger partial charge in [0.25, 0.3) is 0 Å². The molecule has 0 amide bonds. The van der Waals surface area contributed by atoms with E-state index in [1.165, 1.54) is 19.3 Å². The summed E-state index contributed by atoms with van der Waals surface area (Å²) in [4.78, 5) is 0. The van der Waals surface area contributed by atoms with Crippen molar-refractivity contribution in [3.63, 3.8) is 0 Å². The smallest absolute Gasteiger partial charge is 0.334 e. The summed E-state index contributed by atoms with van der Waals surface area (Å²) in [5, 5.41) is 10.3. The zero-order valence-electron chi connectivity index (χ0n) is 10.9. The van der Waals surface area contributed by atoms with Gasteiger partial charge in [-0.05, 0) is 38.3 Å². The van der Waals surface area contributed by atoms with Gasteiger partial charge in [0.05, 0.1) is 5.60 Å². The lowest BCUT2D eigenvalue weighted by Crippen LogP contribution is -2.37. The average molecular weight is 246 g/mol. The van der Waals surface area contributed by atoms with Crippen LogP contribution in [0.15, 0.2) is 0 Å². The van der Waals surface area contributed by atoms with Crippen molar-refractivity contribution in [3.05, 3.63) is 0 Å². The molecule has 0 atom stereocenters. The first kappa shape index (κ1) is 14.2. The minimum Gasteiger partial charge on any atom is -0.398 e. The summed E-state index contributed by atoms with van der Waals surface area (Å²) in [6.45, 7) is 2.08. The van der Waals surface area contributed by atoms with Gasteiger partial charge in [0.2, 0.25) is 0 Å². The van der Waals surface area contributed by atoms with Gasteiger partial charge in [-0.1, -0.05) is 19.3 Å². The van der Waals surface area contributed by atoms with E-state index in [2.05, 4.69) is 6.55 Å². The van der Waals surface area contributed by atoms with E-state index < -0.39 is 14.2 Å². The van der Waals surface area contributed by atoms with Crippen molar-refractivity contribution >= 4 is 8.56 Å². The van der Waals surface area contributed by atoms with E-state index in [9.17, 15) is 5.11 Å². The Bertz CT molecular complexity index is 198. The molecule has 0 aliphatic heterocycles. The molecule has 0 aromatic rings. The lowest BCUT2D eigenvalue weighted by atomic mass is 9.82. The predicted molar refractivity (Wildman–Crippen MR) is 67.7 cm³/mol. The van der Waals surface area contributed by atoms with Crippen molar-refractivity contribution in [2.75, 3.05) is 14.2 Å². The fourth-order valence-corrected chi connectivity index (χ4v) is 3.88. The minimum atomic E-state index is -1.93. The van der Waals surface area contributed by atoms with Crippen LogP contribution in [0.1, 0.15) is 44.9 Å². The molecule has 1 fully saturated rings. The van der Waals surface area contributed by atoms with Crippen LogP contribution in [0.5, 0.6) is 0 Å². The van der Waals surface area contributed by atoms with Crippen LogP contribution in [0.4, 0.5) is 0 Å². The number of hydrogen-bond acceptors (Lipinski definition) is 3. The molecular formula is C12H26O3Si. The standard InChI is InChI=1S/C12H26O3Si/c1-14-16(3,15-2)11-7-10-12(13)8-5-4-6-9-12/h13H,4-11H2,1-3H3. The molecule has 0 aromatic carbocycles. The summed E-state index contributed by atoms with van der Waals surface area (Å²) in [7, 11) is 1.53. The SMILES string of the molecule is CO[Si](C)(CCCC1(O)CCCCC1)OC. The number of hydrogen-bond donors (Lipinski definition) is 1. The van der Waals surface area contributed by atoms with E-state index in [-0.39, 0.29) is 0 Å². The second kappa shape index (κ2) is 6.14. The monoisotopic (exact) mass is 246 g/mol. The van der Waals surface area contributed by atoms with Crippen LogP contribution in [0.2, 0.25) is 12.6 Å². The maximum atomic E-state index is 10.3. The first-order chi connectivity index (χ1) is 7.54. The molecule has 0 bridgehead atoms. The molecule has 0 aromatic heterocycles. The first-order valence-corrected chi connectivity index (χ1v) is 8.89. The molecule has 0 spiro atoms. The Morgan fingerprint density at radius 1 is 1.12 bits per heavy atom. The van der Waals surface area contributed by atoms with Gasteiger partial charge in [-0.25, -0.2) is 0 Å². The van der Waals surface area contributed by atoms with Gasteiger partial charge in [-0.3, -0.25) is 0 Å². The normalized spacial score (nSPS) is 21.0. The largest absolute Gasteiger partial charge is 0.398 e. The fraction of sp³-hybridized carbons (Fsp3) is 1.00. The molecule has 0 saturated heterocycles. The third-order valence-corrected chi connectivity index (χ3v) is 6.91. The topological polar surface area (TPSA) is 38.7 Å². The Morgan fingerprint density at radius 2 is 1.69 bits per heavy atom. The van der Waals surface area contributed by atoms with Crippen molar-refractivity contribution in [1.82, 2.24) is 0 Å². The third-order valence-electron chi connectivity index (χ3n) is 3.92. The first-order valence-electron chi connectivity index (χ1n) is 6.36. The summed E-state index contributed by atoms with van der Waals surface area (Å²) >= 11 is 0. The molecule has 0 heterocycles. The van der Waals surface area contributed by atoms with Crippen LogP contribution in [0.3, 0.4) is 0 Å². The van der Waals surface area contributed by atoms with E-state index in [1.54, 1.807) is 14.2 Å². The summed E-state index contributed by atoms with van der Waals surface area (Å²) in [5.41, 5.74) is -0.394. The highest BCUT2D eigenvalue weighted by atomic mass is 28.4. The minimum absolute atomic E-state index is 0.394. The maximum absolute atomic E-state index is 10.3. The molecule has 1 aliphatic rings. The predicted octanol–water partition coefficient (Wildman–Crippen LogP) is 2.83. The molecule has 0 radical (unpaired) electrons. The van der Waals surface area contributed by atoms with E-state index >= 15 is 0 Å². The lowest BCUT2D eigenvalue weighted by Gasteiger charge is -2.33. The van der Waals surface area contributed by atoms with Crippen molar-refractivity contribution < 1.29 is 14.0 Å². The highest BCUT2D eigenvalue weighted by molar-refractivity contribution is 6.65. The number of rotatable bonds is 6. The zero-order chi connectivity index (χ0) is 12.1. The van der Waals surface area contributed by atoms with Crippen molar-refractivity contribution in [2.24, 2.45) is 0 Å². The molecule has 16 heavy (non-hydrogen) atoms. The van der Waals surface area contributed by atoms with Gasteiger partial charge >= 0.3 is 8.56 Å². The van der Waals surface area contributed by atoms with E-state index in [4.69, 9.17) is 8.85 Å². The van der Waals surface area contributed by atoms with Gasteiger partial charge in [0.1, 0.15) is 0 Å². The average Bonchev–Trinajstić information content (AvgIpc) is 2.29. The van der Waals surface area contributed by atoms with Crippen molar-refractivity contribution in [3.8, 4) is 0 Å². The van der Waals surface area contributed by atoms with E-state index in [0.717, 1.165) is 31.7 Å². The molecule has 3 nitrogen and oxygen atoms in total. The van der Waals surface area contributed by atoms with Crippen LogP contribution in [-0.2, 0) is 8.85 Å². The Morgan fingerprint density at radius 3 is 2.19 bits per heavy atom. The van der Waals surface area contributed by atoms with Crippen LogP contribution in [-0.4, -0.2) is 33.5 Å². The van der Waals surface area contributed by atoms with Gasteiger partial charge in [0.15, 0.2) is 0 Å². The van der Waals surface area contributed by atoms with Crippen LogP contribution in [0, 0.1) is 0 Å². The molecule has 0 unspecified atom stereocenters. The fourth-order valence-electron chi connectivity index (χ4n) is 2.49. The Kier molecular flexibility index (Phi) is 5.44. The summed E-state index contributed by atoms with van der Waals surface area (Å²) in [6.07, 6.45) is 7.52. The van der Waals surface area contributed by atoms with Gasteiger partial charge < -0.3 is 14.0 Å². The van der Waals surface area contributed by atoms with Crippen LogP contribution in [0.25, 0.3) is 0 Å². The summed E-state index contributed by atoms with van der Waals surface area (Å²) < 4.78 is 10.9. The third kappa shape index (κ3) is 4.16. The van der Waals surface area contributed by atoms with Crippen molar-refractivity contribution in [1.29, 1.82) is 0 Å². The molecule has 1 rings (SSSR count). The quantitative estimate of drug-likeness (QED) is 0.732. The molecular weight excluding hydrogens is 220 g/mol. The van der Waals surface area contributed by atoms with Gasteiger partial charge in [-0.15, -0.1) is 0 Å². The van der Waals surface area contributed by atoms with Crippen molar-refractivity contribution in [2.45, 2.75) is 63.1 Å². The molecule has 1 aliphatic carbocycles. The molecule has 4 heteroatoms. The Hall–Kier alpha value is 0.0969. The van der Waals surface area contributed by atoms with Gasteiger partial charge in [0, 0.05) is 14.2 Å². The number of aliphatic hydroxyl groups is 1. The van der Waals surface area contributed by atoms with Crippen LogP contribution < -0.4 is 0 Å². The Labute approximate surface area is 100 Å². The van der Waals surface area contributed by atoms with Crippen LogP contribution >= 0.6 is 0 Å². The maximum Gasteiger partial charge on any atom is 0.334 e. The highest BCUT2D eigenvalue weighted by Gasteiger charge is 2.32. The summed E-state index contributed by atoms with van der Waals surface area (Å²) in [6, 6.07) is 0.975. The molecule has 1 saturated carbocycles. The molecule has 96 valence electrons. The van der Waals surface area contributed by atoms with E-state index in [1.807, 2.05) is 0 Å². The summed E-state index contributed by atoms with van der Waals surface area (Å²) in [5.74, 6) is 0. The highest BCUT2D eigenvalue weighted by Crippen LogP contribution is 2.33. The molecule has 1 N–H and O–H groups in total. The lowest BCUT2D eigenvalue weighted by molar-refractivity contribution is -0.00474. The van der Waals surface area contributed by atoms with E-state index in [0.29, 0.717) is 0 Å².